The van der Waals surface area contributed by atoms with Crippen LogP contribution in [0.15, 0.2) is 18.2 Å². The topological polar surface area (TPSA) is 46.2 Å². The number of hydrogen-bond acceptors (Lipinski definition) is 3. The molecule has 17 heavy (non-hydrogen) atoms. The van der Waals surface area contributed by atoms with Crippen LogP contribution in [0.5, 0.6) is 0 Å². The van der Waals surface area contributed by atoms with Crippen LogP contribution in [0, 0.1) is 13.8 Å². The molecule has 4 heteroatoms. The first kappa shape index (κ1) is 14.2. The smallest absolute Gasteiger partial charge is 0.151 e. The molecule has 0 saturated heterocycles. The van der Waals surface area contributed by atoms with Crippen molar-refractivity contribution in [2.75, 3.05) is 18.1 Å². The van der Waals surface area contributed by atoms with E-state index in [2.05, 4.69) is 31.3 Å². The normalized spacial score (nSPS) is 11.7. The maximum Gasteiger partial charge on any atom is 0.151 e. The Hall–Kier alpha value is -0.870. The summed E-state index contributed by atoms with van der Waals surface area (Å²) in [5.41, 5.74) is 3.78. The van der Waals surface area contributed by atoms with Gasteiger partial charge in [-0.25, -0.2) is 8.42 Å². The van der Waals surface area contributed by atoms with E-state index in [0.717, 1.165) is 6.54 Å². The van der Waals surface area contributed by atoms with Gasteiger partial charge >= 0.3 is 0 Å². The fraction of sp³-hybridized carbons (Fsp3) is 0.538. The van der Waals surface area contributed by atoms with Crippen molar-refractivity contribution in [3.8, 4) is 0 Å². The van der Waals surface area contributed by atoms with Crippen molar-refractivity contribution in [3.05, 3.63) is 34.9 Å². The highest BCUT2D eigenvalue weighted by atomic mass is 32.2. The molecule has 0 bridgehead atoms. The Bertz CT molecular complexity index is 466. The van der Waals surface area contributed by atoms with Gasteiger partial charge in [0.1, 0.15) is 0 Å². The Morgan fingerprint density at radius 1 is 1.24 bits per heavy atom. The molecule has 1 aromatic carbocycles. The zero-order valence-corrected chi connectivity index (χ0v) is 11.6. The van der Waals surface area contributed by atoms with Gasteiger partial charge in [0.15, 0.2) is 9.84 Å². The molecule has 3 nitrogen and oxygen atoms in total. The second kappa shape index (κ2) is 6.17. The van der Waals surface area contributed by atoms with Gasteiger partial charge in [-0.1, -0.05) is 25.1 Å². The second-order valence-electron chi connectivity index (χ2n) is 4.27. The average Bonchev–Trinajstić information content (AvgIpc) is 2.30. The van der Waals surface area contributed by atoms with Gasteiger partial charge in [-0.15, -0.1) is 0 Å². The lowest BCUT2D eigenvalue weighted by Crippen LogP contribution is -2.23. The van der Waals surface area contributed by atoms with Gasteiger partial charge in [-0.05, 0) is 30.5 Å². The number of rotatable bonds is 6. The lowest BCUT2D eigenvalue weighted by Gasteiger charge is -2.09. The molecular weight excluding hydrogens is 234 g/mol. The molecule has 0 atom stereocenters. The molecule has 0 fully saturated rings. The van der Waals surface area contributed by atoms with Crippen LogP contribution in [0.3, 0.4) is 0 Å². The highest BCUT2D eigenvalue weighted by Gasteiger charge is 2.06. The number of benzene rings is 1. The van der Waals surface area contributed by atoms with Crippen molar-refractivity contribution in [1.29, 1.82) is 0 Å². The van der Waals surface area contributed by atoms with E-state index in [9.17, 15) is 8.42 Å². The number of nitrogens with one attached hydrogen (secondary N) is 1. The molecule has 0 unspecified atom stereocenters. The zero-order chi connectivity index (χ0) is 12.9. The monoisotopic (exact) mass is 255 g/mol. The van der Waals surface area contributed by atoms with E-state index < -0.39 is 9.84 Å². The first-order valence-electron chi connectivity index (χ1n) is 5.92. The number of aryl methyl sites for hydroxylation is 1. The fourth-order valence-corrected chi connectivity index (χ4v) is 2.34. The van der Waals surface area contributed by atoms with Crippen LogP contribution in [0.25, 0.3) is 0 Å². The molecular formula is C13H21NO2S. The lowest BCUT2D eigenvalue weighted by molar-refractivity contribution is 0.591. The molecule has 0 spiro atoms. The van der Waals surface area contributed by atoms with Crippen molar-refractivity contribution in [1.82, 2.24) is 5.32 Å². The molecule has 1 aromatic rings. The SMILES string of the molecule is CCS(=O)(=O)CCNCc1cccc(C)c1C. The summed E-state index contributed by atoms with van der Waals surface area (Å²) in [4.78, 5) is 0. The molecule has 1 rings (SSSR count). The molecule has 1 N–H and O–H groups in total. The van der Waals surface area contributed by atoms with Crippen LogP contribution < -0.4 is 5.32 Å². The van der Waals surface area contributed by atoms with Crippen molar-refractivity contribution < 1.29 is 8.42 Å². The molecule has 0 aliphatic heterocycles. The van der Waals surface area contributed by atoms with Crippen molar-refractivity contribution >= 4 is 9.84 Å². The molecule has 0 amide bonds. The van der Waals surface area contributed by atoms with E-state index in [1.54, 1.807) is 6.92 Å². The zero-order valence-electron chi connectivity index (χ0n) is 10.8. The summed E-state index contributed by atoms with van der Waals surface area (Å²) in [7, 11) is -2.85. The van der Waals surface area contributed by atoms with E-state index in [0.29, 0.717) is 6.54 Å². The van der Waals surface area contributed by atoms with Crippen molar-refractivity contribution in [2.45, 2.75) is 27.3 Å². The van der Waals surface area contributed by atoms with E-state index in [-0.39, 0.29) is 11.5 Å². The van der Waals surface area contributed by atoms with Crippen molar-refractivity contribution in [3.63, 3.8) is 0 Å². The maximum absolute atomic E-state index is 11.3. The first-order valence-corrected chi connectivity index (χ1v) is 7.74. The third kappa shape index (κ3) is 4.48. The highest BCUT2D eigenvalue weighted by Crippen LogP contribution is 2.11. The Kier molecular flexibility index (Phi) is 5.15. The fourth-order valence-electron chi connectivity index (χ4n) is 1.60. The van der Waals surface area contributed by atoms with Crippen LogP contribution in [0.1, 0.15) is 23.6 Å². The van der Waals surface area contributed by atoms with Gasteiger partial charge < -0.3 is 5.32 Å². The molecule has 0 aliphatic carbocycles. The first-order chi connectivity index (χ1) is 7.96. The quantitative estimate of drug-likeness (QED) is 0.789. The van der Waals surface area contributed by atoms with Crippen LogP contribution in [0.4, 0.5) is 0 Å². The Labute approximate surface area is 104 Å². The molecule has 0 heterocycles. The van der Waals surface area contributed by atoms with E-state index in [1.807, 2.05) is 6.07 Å². The van der Waals surface area contributed by atoms with Crippen LogP contribution in [-0.4, -0.2) is 26.5 Å². The van der Waals surface area contributed by atoms with Crippen LogP contribution in [-0.2, 0) is 16.4 Å². The van der Waals surface area contributed by atoms with Gasteiger partial charge in [0.05, 0.1) is 5.75 Å². The molecule has 0 radical (unpaired) electrons. The molecule has 0 aromatic heterocycles. The van der Waals surface area contributed by atoms with Gasteiger partial charge in [0, 0.05) is 18.8 Å². The Morgan fingerprint density at radius 3 is 2.59 bits per heavy atom. The summed E-state index contributed by atoms with van der Waals surface area (Å²) in [5.74, 6) is 0.437. The summed E-state index contributed by atoms with van der Waals surface area (Å²) in [6.07, 6.45) is 0. The standard InChI is InChI=1S/C13H21NO2S/c1-4-17(15,16)9-8-14-10-13-7-5-6-11(2)12(13)3/h5-7,14H,4,8-10H2,1-3H3. The van der Waals surface area contributed by atoms with Crippen molar-refractivity contribution in [2.24, 2.45) is 0 Å². The summed E-state index contributed by atoms with van der Waals surface area (Å²) < 4.78 is 22.6. The predicted molar refractivity (Wildman–Crippen MR) is 72.0 cm³/mol. The molecule has 0 saturated carbocycles. The number of hydrogen-bond donors (Lipinski definition) is 1. The Balaban J connectivity index is 2.44. The predicted octanol–water partition coefficient (Wildman–Crippen LogP) is 1.83. The molecule has 0 aliphatic rings. The van der Waals surface area contributed by atoms with E-state index in [1.165, 1.54) is 16.7 Å². The minimum atomic E-state index is -2.85. The third-order valence-electron chi connectivity index (χ3n) is 3.06. The average molecular weight is 255 g/mol. The summed E-state index contributed by atoms with van der Waals surface area (Å²) in [5, 5.41) is 3.18. The van der Waals surface area contributed by atoms with Gasteiger partial charge in [-0.3, -0.25) is 0 Å². The van der Waals surface area contributed by atoms with Crippen LogP contribution in [0.2, 0.25) is 0 Å². The van der Waals surface area contributed by atoms with Gasteiger partial charge in [-0.2, -0.15) is 0 Å². The van der Waals surface area contributed by atoms with Gasteiger partial charge in [0.2, 0.25) is 0 Å². The van der Waals surface area contributed by atoms with E-state index >= 15 is 0 Å². The van der Waals surface area contributed by atoms with Crippen LogP contribution >= 0.6 is 0 Å². The Morgan fingerprint density at radius 2 is 1.94 bits per heavy atom. The summed E-state index contributed by atoms with van der Waals surface area (Å²) in [6.45, 7) is 7.10. The largest absolute Gasteiger partial charge is 0.312 e. The molecule has 96 valence electrons. The highest BCUT2D eigenvalue weighted by molar-refractivity contribution is 7.91. The minimum absolute atomic E-state index is 0.217. The second-order valence-corrected chi connectivity index (χ2v) is 6.74. The third-order valence-corrected chi connectivity index (χ3v) is 4.77. The number of sulfone groups is 1. The summed E-state index contributed by atoms with van der Waals surface area (Å²) in [6, 6.07) is 6.19. The summed E-state index contributed by atoms with van der Waals surface area (Å²) >= 11 is 0. The van der Waals surface area contributed by atoms with Gasteiger partial charge in [0.25, 0.3) is 0 Å². The minimum Gasteiger partial charge on any atom is -0.312 e. The maximum atomic E-state index is 11.3. The van der Waals surface area contributed by atoms with E-state index in [4.69, 9.17) is 0 Å². The lowest BCUT2D eigenvalue weighted by atomic mass is 10.0.